The molecular formula is C7H12NO2. The van der Waals surface area contributed by atoms with Gasteiger partial charge in [0.15, 0.2) is 0 Å². The molecule has 0 aromatic heterocycles. The van der Waals surface area contributed by atoms with E-state index < -0.39 is 0 Å². The van der Waals surface area contributed by atoms with Crippen LogP contribution in [0.3, 0.4) is 0 Å². The Morgan fingerprint density at radius 1 is 1.80 bits per heavy atom. The molecule has 3 heteroatoms. The van der Waals surface area contributed by atoms with E-state index in [2.05, 4.69) is 6.92 Å². The fraction of sp³-hybridized carbons (Fsp3) is 0.714. The van der Waals surface area contributed by atoms with Gasteiger partial charge < -0.3 is 10.0 Å². The molecule has 57 valence electrons. The van der Waals surface area contributed by atoms with Crippen molar-refractivity contribution in [1.82, 2.24) is 4.90 Å². The lowest BCUT2D eigenvalue weighted by Crippen LogP contribution is -2.35. The van der Waals surface area contributed by atoms with Gasteiger partial charge in [-0.2, -0.15) is 0 Å². The molecule has 1 atom stereocenters. The molecule has 1 saturated heterocycles. The molecular weight excluding hydrogens is 130 g/mol. The molecule has 1 rings (SSSR count). The Balaban J connectivity index is 2.50. The maximum Gasteiger partial charge on any atom is 0.223 e. The Morgan fingerprint density at radius 2 is 2.50 bits per heavy atom. The molecule has 0 saturated carbocycles. The highest BCUT2D eigenvalue weighted by molar-refractivity contribution is 5.80. The van der Waals surface area contributed by atoms with E-state index in [0.717, 1.165) is 19.4 Å². The molecule has 1 radical (unpaired) electrons. The molecule has 0 aromatic rings. The number of rotatable bonds is 1. The van der Waals surface area contributed by atoms with Crippen molar-refractivity contribution in [2.45, 2.75) is 18.9 Å². The van der Waals surface area contributed by atoms with Crippen molar-refractivity contribution in [3.05, 3.63) is 6.92 Å². The summed E-state index contributed by atoms with van der Waals surface area (Å²) in [6.07, 6.45) is 1.91. The first-order valence-electron chi connectivity index (χ1n) is 3.49. The fourth-order valence-electron chi connectivity index (χ4n) is 1.35. The van der Waals surface area contributed by atoms with E-state index in [0.29, 0.717) is 0 Å². The summed E-state index contributed by atoms with van der Waals surface area (Å²) in [5.74, 6) is -0.170. The van der Waals surface area contributed by atoms with Crippen molar-refractivity contribution < 1.29 is 9.90 Å². The van der Waals surface area contributed by atoms with Crippen LogP contribution in [-0.4, -0.2) is 35.1 Å². The third kappa shape index (κ3) is 1.29. The van der Waals surface area contributed by atoms with Crippen molar-refractivity contribution in [2.75, 3.05) is 13.2 Å². The van der Waals surface area contributed by atoms with Gasteiger partial charge in [-0.1, -0.05) is 0 Å². The first kappa shape index (κ1) is 7.54. The van der Waals surface area contributed by atoms with Crippen LogP contribution in [0, 0.1) is 6.92 Å². The summed E-state index contributed by atoms with van der Waals surface area (Å²) in [6, 6.07) is 0.0324. The van der Waals surface area contributed by atoms with Crippen LogP contribution in [0.2, 0.25) is 0 Å². The van der Waals surface area contributed by atoms with E-state index in [1.165, 1.54) is 0 Å². The lowest BCUT2D eigenvalue weighted by Gasteiger charge is -2.20. The van der Waals surface area contributed by atoms with Gasteiger partial charge in [0.05, 0.1) is 12.6 Å². The number of amides is 1. The number of hydrogen-bond acceptors (Lipinski definition) is 2. The summed E-state index contributed by atoms with van der Waals surface area (Å²) in [6.45, 7) is 4.12. The summed E-state index contributed by atoms with van der Waals surface area (Å²) in [5.41, 5.74) is 0. The molecule has 0 aromatic carbocycles. The van der Waals surface area contributed by atoms with Crippen LogP contribution in [0.25, 0.3) is 0 Å². The molecule has 0 aliphatic carbocycles. The van der Waals surface area contributed by atoms with Crippen molar-refractivity contribution >= 4 is 5.91 Å². The summed E-state index contributed by atoms with van der Waals surface area (Å²) in [7, 11) is 0. The molecule has 1 aliphatic heterocycles. The van der Waals surface area contributed by atoms with Gasteiger partial charge in [-0.3, -0.25) is 4.79 Å². The minimum Gasteiger partial charge on any atom is -0.394 e. The van der Waals surface area contributed by atoms with Crippen molar-refractivity contribution in [3.8, 4) is 0 Å². The highest BCUT2D eigenvalue weighted by Gasteiger charge is 2.25. The van der Waals surface area contributed by atoms with E-state index in [1.54, 1.807) is 4.90 Å². The van der Waals surface area contributed by atoms with E-state index in [9.17, 15) is 4.79 Å². The van der Waals surface area contributed by atoms with Gasteiger partial charge >= 0.3 is 0 Å². The Hall–Kier alpha value is -0.570. The highest BCUT2D eigenvalue weighted by atomic mass is 16.3. The second kappa shape index (κ2) is 3.01. The van der Waals surface area contributed by atoms with Crippen LogP contribution in [-0.2, 0) is 4.79 Å². The van der Waals surface area contributed by atoms with Gasteiger partial charge in [0, 0.05) is 13.5 Å². The second-order valence-electron chi connectivity index (χ2n) is 2.57. The Bertz CT molecular complexity index is 136. The van der Waals surface area contributed by atoms with E-state index >= 15 is 0 Å². The number of aliphatic hydroxyl groups excluding tert-OH is 1. The molecule has 0 unspecified atom stereocenters. The zero-order valence-electron chi connectivity index (χ0n) is 5.92. The van der Waals surface area contributed by atoms with E-state index in [4.69, 9.17) is 5.11 Å². The number of nitrogens with zero attached hydrogens (tertiary/aromatic N) is 1. The summed E-state index contributed by atoms with van der Waals surface area (Å²) >= 11 is 0. The zero-order valence-corrected chi connectivity index (χ0v) is 5.92. The molecule has 0 spiro atoms. The Labute approximate surface area is 60.6 Å². The predicted molar refractivity (Wildman–Crippen MR) is 37.2 cm³/mol. The Kier molecular flexibility index (Phi) is 2.27. The maximum absolute atomic E-state index is 10.7. The minimum atomic E-state index is -0.170. The molecule has 10 heavy (non-hydrogen) atoms. The normalized spacial score (nSPS) is 25.4. The number of aliphatic hydroxyl groups is 1. The van der Waals surface area contributed by atoms with Gasteiger partial charge in [0.2, 0.25) is 5.91 Å². The SMILES string of the molecule is [CH2]C(=O)N1CCC[C@H]1CO. The molecule has 1 heterocycles. The molecule has 1 amide bonds. The maximum atomic E-state index is 10.7. The lowest BCUT2D eigenvalue weighted by atomic mass is 10.2. The van der Waals surface area contributed by atoms with Crippen molar-refractivity contribution in [1.29, 1.82) is 0 Å². The molecule has 1 fully saturated rings. The average Bonchev–Trinajstić information content (AvgIpc) is 2.33. The smallest absolute Gasteiger partial charge is 0.223 e. The number of carbonyl (C=O) groups excluding carboxylic acids is 1. The van der Waals surface area contributed by atoms with Gasteiger partial charge in [0.1, 0.15) is 0 Å². The summed E-state index contributed by atoms with van der Waals surface area (Å²) < 4.78 is 0. The standard InChI is InChI=1S/C7H12NO2/c1-6(10)8-4-2-3-7(8)5-9/h7,9H,1-5H2/t7-/m0/s1. The third-order valence-corrected chi connectivity index (χ3v) is 1.91. The van der Waals surface area contributed by atoms with Crippen LogP contribution >= 0.6 is 0 Å². The second-order valence-corrected chi connectivity index (χ2v) is 2.57. The van der Waals surface area contributed by atoms with E-state index in [-0.39, 0.29) is 18.6 Å². The van der Waals surface area contributed by atoms with Crippen LogP contribution < -0.4 is 0 Å². The molecule has 1 aliphatic rings. The quantitative estimate of drug-likeness (QED) is 0.551. The third-order valence-electron chi connectivity index (χ3n) is 1.91. The minimum absolute atomic E-state index is 0.0324. The first-order chi connectivity index (χ1) is 4.75. The predicted octanol–water partition coefficient (Wildman–Crippen LogP) is -0.196. The van der Waals surface area contributed by atoms with Crippen molar-refractivity contribution in [3.63, 3.8) is 0 Å². The number of hydrogen-bond donors (Lipinski definition) is 1. The van der Waals surface area contributed by atoms with E-state index in [1.807, 2.05) is 0 Å². The summed E-state index contributed by atoms with van der Waals surface area (Å²) in [5, 5.41) is 8.76. The van der Waals surface area contributed by atoms with Gasteiger partial charge in [0.25, 0.3) is 0 Å². The van der Waals surface area contributed by atoms with Crippen LogP contribution in [0.4, 0.5) is 0 Å². The van der Waals surface area contributed by atoms with Crippen LogP contribution in [0.5, 0.6) is 0 Å². The zero-order chi connectivity index (χ0) is 7.56. The topological polar surface area (TPSA) is 40.5 Å². The molecule has 3 nitrogen and oxygen atoms in total. The largest absolute Gasteiger partial charge is 0.394 e. The molecule has 1 N–H and O–H groups in total. The average molecular weight is 142 g/mol. The first-order valence-corrected chi connectivity index (χ1v) is 3.49. The number of likely N-dealkylation sites (tertiary alicyclic amines) is 1. The molecule has 0 bridgehead atoms. The van der Waals surface area contributed by atoms with Crippen LogP contribution in [0.15, 0.2) is 0 Å². The van der Waals surface area contributed by atoms with Gasteiger partial charge in [-0.15, -0.1) is 0 Å². The van der Waals surface area contributed by atoms with Gasteiger partial charge in [-0.25, -0.2) is 0 Å². The van der Waals surface area contributed by atoms with Gasteiger partial charge in [-0.05, 0) is 12.8 Å². The summed E-state index contributed by atoms with van der Waals surface area (Å²) in [4.78, 5) is 12.3. The lowest BCUT2D eigenvalue weighted by molar-refractivity contribution is -0.127. The highest BCUT2D eigenvalue weighted by Crippen LogP contribution is 2.15. The Morgan fingerprint density at radius 3 is 2.90 bits per heavy atom. The fourth-order valence-corrected chi connectivity index (χ4v) is 1.35. The van der Waals surface area contributed by atoms with Crippen LogP contribution in [0.1, 0.15) is 12.8 Å². The number of carbonyl (C=O) groups is 1. The monoisotopic (exact) mass is 142 g/mol. The van der Waals surface area contributed by atoms with Crippen molar-refractivity contribution in [2.24, 2.45) is 0 Å².